The molecule has 0 rings (SSSR count). The number of aliphatic hydroxyl groups is 1. The van der Waals surface area contributed by atoms with E-state index in [0.29, 0.717) is 0 Å². The normalized spacial score (nSPS) is 1.20. The summed E-state index contributed by atoms with van der Waals surface area (Å²) in [5.74, 6) is 0. The summed E-state index contributed by atoms with van der Waals surface area (Å²) in [6.07, 6.45) is 0. The summed E-state index contributed by atoms with van der Waals surface area (Å²) < 4.78 is 0. The Hall–Kier alpha value is -3.04. The molecule has 0 unspecified atom stereocenters. The monoisotopic (exact) mass is 796 g/mol. The minimum atomic E-state index is 0. The third-order valence-corrected chi connectivity index (χ3v) is 0. The average Bonchev–Trinajstić information content (AvgIpc) is 1.00. The molecule has 0 saturated heterocycles. The quantitative estimate of drug-likeness (QED) is 0.347. The molecule has 0 aromatic carbocycles. The van der Waals surface area contributed by atoms with Gasteiger partial charge in [0.1, 0.15) is 0 Å². The molecule has 0 heterocycles. The summed E-state index contributed by atoms with van der Waals surface area (Å²) in [5, 5.41) is 6.75. The second-order valence-electron chi connectivity index (χ2n) is 0. The van der Waals surface area contributed by atoms with Crippen molar-refractivity contribution < 1.29 is 5.11 Å². The fraction of sp³-hybridized carbons (Fsp3) is 0. The molecule has 0 saturated carbocycles. The van der Waals surface area contributed by atoms with Gasteiger partial charge >= 0.3 is 0 Å². The van der Waals surface area contributed by atoms with Gasteiger partial charge in [-0.15, -0.1) is 0 Å². The smallest absolute Gasteiger partial charge is 0 e. The zero-order valence-corrected chi connectivity index (χ0v) is 14.2. The molecule has 36 valence electrons. The van der Waals surface area contributed by atoms with Crippen LogP contribution in [-0.4, -0.2) is 5.11 Å². The van der Waals surface area contributed by atoms with Crippen LogP contribution in [0.2, 0.25) is 0 Å². The topological polar surface area (TPSA) is 20.2 Å². The Labute approximate surface area is 13.5 Å². The van der Waals surface area contributed by atoms with E-state index in [2.05, 4.69) is 7.11 Å². The Bertz CT molecular complexity index is 9.61. The van der Waals surface area contributed by atoms with Gasteiger partial charge in [-0.2, -0.15) is 0 Å². The first-order chi connectivity index (χ1) is 1.00. The van der Waals surface area contributed by atoms with Crippen molar-refractivity contribution in [1.29, 1.82) is 0 Å². The summed E-state index contributed by atoms with van der Waals surface area (Å²) in [5.41, 5.74) is 0. The Morgan fingerprint density at radius 2 is 1.00 bits per heavy atom. The molecule has 0 radical (unpaired) electrons. The van der Waals surface area contributed by atoms with Gasteiger partial charge in [-0.05, 0) is 0 Å². The van der Waals surface area contributed by atoms with Crippen molar-refractivity contribution in [3.8, 4) is 0 Å². The van der Waals surface area contributed by atoms with Gasteiger partial charge in [0.2, 0.25) is 0 Å². The third kappa shape index (κ3) is 0.112. The molecule has 0 aromatic rings. The predicted octanol–water partition coefficient (Wildman–Crippen LogP) is 0.150. The first-order valence-electron chi connectivity index (χ1n) is 0.316. The molecule has 1 N–H and O–H groups in total. The summed E-state index contributed by atoms with van der Waals surface area (Å²) in [7, 11) is 2.25. The summed E-state index contributed by atoms with van der Waals surface area (Å²) in [6.45, 7) is 0. The van der Waals surface area contributed by atoms with Crippen molar-refractivity contribution in [2.75, 3.05) is 0 Å². The predicted molar refractivity (Wildman–Crippen MR) is 7.29 cm³/mol. The molecule has 0 aromatic heterocycles. The Morgan fingerprint density at radius 1 is 1.00 bits per heavy atom. The van der Waals surface area contributed by atoms with E-state index in [9.17, 15) is 0 Å². The Balaban J connectivity index is -0.00000000167. The molecular weight excluding hydrogens is 797 g/mol. The van der Waals surface area contributed by atoms with Crippen molar-refractivity contribution in [2.45, 2.75) is 0 Å². The molecular formula is CH3Cf2ORf-. The van der Waals surface area contributed by atoms with Crippen molar-refractivity contribution in [1.82, 2.24) is 0 Å². The van der Waals surface area contributed by atoms with Crippen LogP contribution in [0.4, 0.5) is 0 Å². The van der Waals surface area contributed by atoms with Crippen LogP contribution in [0.25, 0.3) is 0 Å². The summed E-state index contributed by atoms with van der Waals surface area (Å²) >= 11 is 0. The molecule has 0 aliphatic rings. The van der Waals surface area contributed by atoms with Gasteiger partial charge in [0, 0.05) is 0 Å². The molecule has 0 atom stereocenters. The van der Waals surface area contributed by atoms with E-state index in [4.69, 9.17) is 5.11 Å². The number of hydrogen-bond acceptors (Lipinski definition) is 1. The second-order valence-corrected chi connectivity index (χ2v) is 0. The second kappa shape index (κ2) is 0.000166. The van der Waals surface area contributed by atoms with E-state index in [0.717, 1.165) is 0 Å². The summed E-state index contributed by atoms with van der Waals surface area (Å²) in [4.78, 5) is 0. The maximum Gasteiger partial charge on any atom is 0 e. The molecule has 4 heteroatoms. The van der Waals surface area contributed by atoms with Crippen LogP contribution in [0.3, 0.4) is 0 Å². The van der Waals surface area contributed by atoms with E-state index in [1.54, 1.807) is 0 Å². The van der Waals surface area contributed by atoms with Crippen molar-refractivity contribution in [3.05, 3.63) is 7.11 Å². The van der Waals surface area contributed by atoms with Crippen molar-refractivity contribution >= 4 is 0 Å². The van der Waals surface area contributed by atoms with Gasteiger partial charge in [-0.1, -0.05) is 0 Å². The Morgan fingerprint density at radius 3 is 1.00 bits per heavy atom. The van der Waals surface area contributed by atoms with Crippen LogP contribution < -0.4 is 0 Å². The van der Waals surface area contributed by atoms with Gasteiger partial charge < -0.3 is 5.11 Å². The largest absolute Gasteiger partial charge is 0.569 e. The minimum Gasteiger partial charge on any atom is -0.569 e. The molecule has 0 aliphatic heterocycles. The Kier molecular flexibility index (Phi) is 0.0000144. The van der Waals surface area contributed by atoms with Gasteiger partial charge in [0.25, 0.3) is 0 Å². The SMILES string of the molecule is [CH2-]O.[Cf].[Cf].[Rf]. The van der Waals surface area contributed by atoms with E-state index in [1.165, 1.54) is 0 Å². The molecule has 0 aliphatic carbocycles. The van der Waals surface area contributed by atoms with E-state index in [-0.39, 0.29) is 0 Å². The van der Waals surface area contributed by atoms with Crippen molar-refractivity contribution in [2.24, 2.45) is 0 Å². The first kappa shape index (κ1) is 0.434. The number of aliphatic hydroxyl groups excluding tert-OH is 1. The average molecular weight is 800 g/mol. The van der Waals surface area contributed by atoms with E-state index in [1.807, 2.05) is 0 Å². The van der Waals surface area contributed by atoms with E-state index < -0.39 is 0 Å². The van der Waals surface area contributed by atoms with Gasteiger partial charge in [0.15, 0.2) is 0 Å². The molecule has 5 heavy (non-hydrogen) atoms. The standard InChI is InChI=1S/CH3O.2Cf.Rf/c1-2;;;/h2H,1H2;;;/q-1;;;. The molecule has 1 nitrogen and oxygen atoms in total. The fourth-order valence-corrected chi connectivity index (χ4v) is 0. The van der Waals surface area contributed by atoms with Gasteiger partial charge in [-0.25, -0.2) is 7.11 Å². The van der Waals surface area contributed by atoms with Crippen LogP contribution in [0, 0.1) is 7.11 Å². The molecule has 0 amide bonds. The van der Waals surface area contributed by atoms with E-state index >= 15 is 0 Å². The van der Waals surface area contributed by atoms with Crippen LogP contribution in [-0.2, 0) is 0 Å². The number of rotatable bonds is 0. The first-order valence-corrected chi connectivity index (χ1v) is 0.316. The van der Waals surface area contributed by atoms with Gasteiger partial charge in [-0.3, -0.25) is 0 Å². The maximum absolute atomic E-state index is 6.75. The third-order valence-electron chi connectivity index (χ3n) is 0. The summed E-state index contributed by atoms with van der Waals surface area (Å²) in [6, 6.07) is 0. The fourth-order valence-electron chi connectivity index (χ4n) is 0. The van der Waals surface area contributed by atoms with Crippen LogP contribution >= 0.6 is 0 Å². The van der Waals surface area contributed by atoms with Crippen molar-refractivity contribution in [3.63, 3.8) is 0 Å². The maximum atomic E-state index is 6.75. The molecule has 0 fully saturated rings. The molecule has 0 bridgehead atoms. The van der Waals surface area contributed by atoms with Crippen LogP contribution in [0.1, 0.15) is 0 Å². The van der Waals surface area contributed by atoms with Crippen LogP contribution in [0.15, 0.2) is 0 Å². The minimum absolute atomic E-state index is 0. The number of hydrogen-bond donors (Lipinski definition) is 1. The molecule has 0 spiro atoms. The zero-order chi connectivity index (χ0) is 2.00. The zero-order valence-electron chi connectivity index (χ0n) is 2.49. The van der Waals surface area contributed by atoms with Crippen LogP contribution in [0.5, 0.6) is 0 Å². The van der Waals surface area contributed by atoms with Gasteiger partial charge in [0.05, 0.1) is 0 Å².